The summed E-state index contributed by atoms with van der Waals surface area (Å²) in [5, 5.41) is 12.8. The highest BCUT2D eigenvalue weighted by atomic mass is 16.3. The highest BCUT2D eigenvalue weighted by Crippen LogP contribution is 2.24. The lowest BCUT2D eigenvalue weighted by Gasteiger charge is -2.21. The summed E-state index contributed by atoms with van der Waals surface area (Å²) in [5.74, 6) is 0. The van der Waals surface area contributed by atoms with Crippen molar-refractivity contribution >= 4 is 11.7 Å². The molecule has 1 rings (SSSR count). The molecule has 5 nitrogen and oxygen atoms in total. The Morgan fingerprint density at radius 3 is 2.75 bits per heavy atom. The molecule has 0 aromatic heterocycles. The number of hydrogen-bond donors (Lipinski definition) is 3. The third-order valence-electron chi connectivity index (χ3n) is 2.39. The molecule has 0 aliphatic heterocycles. The van der Waals surface area contributed by atoms with E-state index in [0.29, 0.717) is 17.8 Å². The van der Waals surface area contributed by atoms with Crippen molar-refractivity contribution in [3.63, 3.8) is 0 Å². The molecule has 0 aliphatic rings. The second-order valence-electron chi connectivity index (χ2n) is 3.53. The summed E-state index contributed by atoms with van der Waals surface area (Å²) in [7, 11) is 3.33. The normalized spacial score (nSPS) is 12.2. The zero-order chi connectivity index (χ0) is 12.1. The minimum absolute atomic E-state index is 0.420. The number of aliphatic hydroxyl groups is 1. The topological polar surface area (TPSA) is 78.6 Å². The number of hydrogen-bond acceptors (Lipinski definition) is 3. The van der Waals surface area contributed by atoms with Gasteiger partial charge in [-0.2, -0.15) is 0 Å². The van der Waals surface area contributed by atoms with E-state index in [1.807, 2.05) is 6.07 Å². The van der Waals surface area contributed by atoms with Crippen molar-refractivity contribution in [3.8, 4) is 0 Å². The van der Waals surface area contributed by atoms with Crippen LogP contribution in [0.15, 0.2) is 24.3 Å². The van der Waals surface area contributed by atoms with Crippen molar-refractivity contribution in [1.82, 2.24) is 5.32 Å². The van der Waals surface area contributed by atoms with Crippen molar-refractivity contribution in [2.24, 2.45) is 5.73 Å². The van der Waals surface area contributed by atoms with Gasteiger partial charge in [-0.1, -0.05) is 18.2 Å². The summed E-state index contributed by atoms with van der Waals surface area (Å²) in [6.07, 6.45) is -0.664. The summed E-state index contributed by atoms with van der Waals surface area (Å²) >= 11 is 0. The Labute approximate surface area is 94.9 Å². The number of urea groups is 1. The van der Waals surface area contributed by atoms with Gasteiger partial charge in [0.15, 0.2) is 0 Å². The lowest BCUT2D eigenvalue weighted by Crippen LogP contribution is -2.33. The van der Waals surface area contributed by atoms with Crippen LogP contribution in [0.3, 0.4) is 0 Å². The molecule has 0 saturated heterocycles. The van der Waals surface area contributed by atoms with Crippen molar-refractivity contribution < 1.29 is 9.90 Å². The largest absolute Gasteiger partial charge is 0.387 e. The zero-order valence-corrected chi connectivity index (χ0v) is 9.47. The molecule has 0 spiro atoms. The minimum atomic E-state index is -0.664. The molecule has 88 valence electrons. The van der Waals surface area contributed by atoms with Gasteiger partial charge in [-0.05, 0) is 13.1 Å². The van der Waals surface area contributed by atoms with Crippen molar-refractivity contribution in [2.75, 3.05) is 25.5 Å². The van der Waals surface area contributed by atoms with Crippen LogP contribution in [-0.2, 0) is 0 Å². The first-order valence-electron chi connectivity index (χ1n) is 5.02. The van der Waals surface area contributed by atoms with E-state index in [9.17, 15) is 9.90 Å². The van der Waals surface area contributed by atoms with E-state index in [4.69, 9.17) is 5.73 Å². The average molecular weight is 223 g/mol. The van der Waals surface area contributed by atoms with Crippen LogP contribution in [0.2, 0.25) is 0 Å². The second-order valence-corrected chi connectivity index (χ2v) is 3.53. The van der Waals surface area contributed by atoms with E-state index in [-0.39, 0.29) is 0 Å². The molecule has 0 aliphatic carbocycles. The van der Waals surface area contributed by atoms with Crippen LogP contribution in [0.5, 0.6) is 0 Å². The highest BCUT2D eigenvalue weighted by molar-refractivity contribution is 5.91. The van der Waals surface area contributed by atoms with Crippen molar-refractivity contribution in [3.05, 3.63) is 29.8 Å². The molecule has 4 N–H and O–H groups in total. The Bertz CT molecular complexity index is 368. The lowest BCUT2D eigenvalue weighted by atomic mass is 10.1. The Kier molecular flexibility index (Phi) is 4.28. The highest BCUT2D eigenvalue weighted by Gasteiger charge is 2.16. The maximum atomic E-state index is 11.1. The van der Waals surface area contributed by atoms with Crippen LogP contribution < -0.4 is 16.0 Å². The van der Waals surface area contributed by atoms with Gasteiger partial charge in [-0.15, -0.1) is 0 Å². The van der Waals surface area contributed by atoms with Gasteiger partial charge in [0.2, 0.25) is 0 Å². The average Bonchev–Trinajstić information content (AvgIpc) is 2.28. The van der Waals surface area contributed by atoms with Gasteiger partial charge in [-0.25, -0.2) is 4.79 Å². The summed E-state index contributed by atoms with van der Waals surface area (Å²) in [6, 6.07) is 6.58. The monoisotopic (exact) mass is 223 g/mol. The van der Waals surface area contributed by atoms with E-state index in [1.54, 1.807) is 32.3 Å². The maximum Gasteiger partial charge on any atom is 0.319 e. The van der Waals surface area contributed by atoms with Crippen LogP contribution in [0, 0.1) is 0 Å². The quantitative estimate of drug-likeness (QED) is 0.693. The fraction of sp³-hybridized carbons (Fsp3) is 0.364. The van der Waals surface area contributed by atoms with Crippen LogP contribution >= 0.6 is 0 Å². The van der Waals surface area contributed by atoms with Gasteiger partial charge in [0.25, 0.3) is 0 Å². The molecule has 0 heterocycles. The standard InChI is InChI=1S/C11H17N3O2/c1-13-7-10(15)8-5-3-4-6-9(8)14(2)11(12)16/h3-6,10,13,15H,7H2,1-2H3,(H2,12,16). The van der Waals surface area contributed by atoms with E-state index in [2.05, 4.69) is 5.32 Å². The van der Waals surface area contributed by atoms with Crippen LogP contribution in [0.25, 0.3) is 0 Å². The van der Waals surface area contributed by atoms with E-state index in [1.165, 1.54) is 4.90 Å². The van der Waals surface area contributed by atoms with E-state index >= 15 is 0 Å². The number of carbonyl (C=O) groups excluding carboxylic acids is 1. The molecule has 1 aromatic rings. The molecule has 0 radical (unpaired) electrons. The summed E-state index contributed by atoms with van der Waals surface area (Å²) in [6.45, 7) is 0.420. The number of rotatable bonds is 4. The van der Waals surface area contributed by atoms with Gasteiger partial charge in [-0.3, -0.25) is 4.90 Å². The molecule has 1 unspecified atom stereocenters. The molecule has 1 aromatic carbocycles. The number of nitrogens with one attached hydrogen (secondary N) is 1. The smallest absolute Gasteiger partial charge is 0.319 e. The number of amides is 2. The number of carbonyl (C=O) groups is 1. The summed E-state index contributed by atoms with van der Waals surface area (Å²) < 4.78 is 0. The van der Waals surface area contributed by atoms with Gasteiger partial charge < -0.3 is 16.2 Å². The lowest BCUT2D eigenvalue weighted by molar-refractivity contribution is 0.178. The first-order valence-corrected chi connectivity index (χ1v) is 5.02. The number of primary amides is 1. The number of likely N-dealkylation sites (N-methyl/N-ethyl adjacent to an activating group) is 1. The minimum Gasteiger partial charge on any atom is -0.387 e. The van der Waals surface area contributed by atoms with Gasteiger partial charge in [0.1, 0.15) is 0 Å². The predicted octanol–water partition coefficient (Wildman–Crippen LogP) is 0.454. The molecule has 2 amide bonds. The van der Waals surface area contributed by atoms with Crippen LogP contribution in [0.4, 0.5) is 10.5 Å². The third-order valence-corrected chi connectivity index (χ3v) is 2.39. The number of anilines is 1. The Balaban J connectivity index is 3.04. The van der Waals surface area contributed by atoms with Gasteiger partial charge in [0, 0.05) is 19.2 Å². The molecule has 16 heavy (non-hydrogen) atoms. The molecule has 0 bridgehead atoms. The molecular weight excluding hydrogens is 206 g/mol. The van der Waals surface area contributed by atoms with E-state index in [0.717, 1.165) is 0 Å². The number of aliphatic hydroxyl groups excluding tert-OH is 1. The predicted molar refractivity (Wildman–Crippen MR) is 63.3 cm³/mol. The number of para-hydroxylation sites is 1. The number of benzene rings is 1. The first-order chi connectivity index (χ1) is 7.57. The second kappa shape index (κ2) is 5.48. The summed E-state index contributed by atoms with van der Waals surface area (Å²) in [5.41, 5.74) is 6.50. The fourth-order valence-electron chi connectivity index (χ4n) is 1.50. The Morgan fingerprint density at radius 2 is 2.19 bits per heavy atom. The molecule has 0 fully saturated rings. The fourth-order valence-corrected chi connectivity index (χ4v) is 1.50. The maximum absolute atomic E-state index is 11.1. The zero-order valence-electron chi connectivity index (χ0n) is 9.47. The molecule has 1 atom stereocenters. The van der Waals surface area contributed by atoms with E-state index < -0.39 is 12.1 Å². The SMILES string of the molecule is CNCC(O)c1ccccc1N(C)C(N)=O. The van der Waals surface area contributed by atoms with Crippen LogP contribution in [0.1, 0.15) is 11.7 Å². The van der Waals surface area contributed by atoms with Gasteiger partial charge >= 0.3 is 6.03 Å². The molecular formula is C11H17N3O2. The summed E-state index contributed by atoms with van der Waals surface area (Å²) in [4.78, 5) is 12.4. The molecule has 5 heteroatoms. The Hall–Kier alpha value is -1.59. The van der Waals surface area contributed by atoms with Gasteiger partial charge in [0.05, 0.1) is 11.8 Å². The number of nitrogens with zero attached hydrogens (tertiary/aromatic N) is 1. The van der Waals surface area contributed by atoms with Crippen molar-refractivity contribution in [1.29, 1.82) is 0 Å². The Morgan fingerprint density at radius 1 is 1.56 bits per heavy atom. The molecule has 0 saturated carbocycles. The number of nitrogens with two attached hydrogens (primary N) is 1. The van der Waals surface area contributed by atoms with Crippen LogP contribution in [-0.4, -0.2) is 31.8 Å². The van der Waals surface area contributed by atoms with Crippen molar-refractivity contribution in [2.45, 2.75) is 6.10 Å². The first kappa shape index (κ1) is 12.5. The third kappa shape index (κ3) is 2.71.